The molecule has 1 aromatic carbocycles. The molecule has 0 saturated heterocycles. The van der Waals surface area contributed by atoms with Crippen LogP contribution in [0.15, 0.2) is 18.2 Å². The molecule has 1 aromatic rings. The largest absolute Gasteiger partial charge is 0.393 e. The third kappa shape index (κ3) is 3.44. The number of benzene rings is 1. The summed E-state index contributed by atoms with van der Waals surface area (Å²) < 4.78 is 0. The standard InChI is InChI=1S/C19H30O/c1-6-16-17(13(2)20)10-9-15-8-7-14(11-18(15)16)12-19(3,4)5/h7-8,11,13,16-17,20H,6,9-10,12H2,1-5H3. The lowest BCUT2D eigenvalue weighted by Gasteiger charge is -2.35. The molecule has 1 heteroatoms. The Hall–Kier alpha value is -0.820. The molecular formula is C19H30O. The summed E-state index contributed by atoms with van der Waals surface area (Å²) in [6.07, 6.45) is 4.30. The van der Waals surface area contributed by atoms with Gasteiger partial charge < -0.3 is 5.11 Å². The van der Waals surface area contributed by atoms with Crippen LogP contribution in [0.1, 0.15) is 70.1 Å². The number of aliphatic hydroxyl groups excluding tert-OH is 1. The summed E-state index contributed by atoms with van der Waals surface area (Å²) in [6, 6.07) is 7.06. The zero-order chi connectivity index (χ0) is 14.9. The minimum Gasteiger partial charge on any atom is -0.393 e. The van der Waals surface area contributed by atoms with Gasteiger partial charge in [0.1, 0.15) is 0 Å². The number of hydrogen-bond acceptors (Lipinski definition) is 1. The number of aryl methyl sites for hydroxylation is 1. The first-order chi connectivity index (χ1) is 9.31. The van der Waals surface area contributed by atoms with Crippen molar-refractivity contribution < 1.29 is 5.11 Å². The van der Waals surface area contributed by atoms with Crippen molar-refractivity contribution in [2.75, 3.05) is 0 Å². The van der Waals surface area contributed by atoms with E-state index in [1.54, 1.807) is 0 Å². The summed E-state index contributed by atoms with van der Waals surface area (Å²) in [4.78, 5) is 0. The Kier molecular flexibility index (Phi) is 4.59. The van der Waals surface area contributed by atoms with Crippen molar-refractivity contribution in [2.24, 2.45) is 11.3 Å². The SMILES string of the molecule is CCC1c2cc(CC(C)(C)C)ccc2CCC1C(C)O. The maximum Gasteiger partial charge on any atom is 0.0546 e. The van der Waals surface area contributed by atoms with E-state index in [0.29, 0.717) is 17.3 Å². The van der Waals surface area contributed by atoms with Gasteiger partial charge in [-0.15, -0.1) is 0 Å². The van der Waals surface area contributed by atoms with Crippen LogP contribution < -0.4 is 0 Å². The van der Waals surface area contributed by atoms with E-state index >= 15 is 0 Å². The van der Waals surface area contributed by atoms with E-state index in [1.165, 1.54) is 16.7 Å². The fourth-order valence-electron chi connectivity index (χ4n) is 3.79. The smallest absolute Gasteiger partial charge is 0.0546 e. The summed E-state index contributed by atoms with van der Waals surface area (Å²) >= 11 is 0. The first-order valence-electron chi connectivity index (χ1n) is 8.11. The molecule has 112 valence electrons. The molecule has 3 atom stereocenters. The van der Waals surface area contributed by atoms with Crippen molar-refractivity contribution in [1.82, 2.24) is 0 Å². The Balaban J connectivity index is 2.33. The van der Waals surface area contributed by atoms with Gasteiger partial charge in [-0.25, -0.2) is 0 Å². The van der Waals surface area contributed by atoms with E-state index < -0.39 is 0 Å². The Morgan fingerprint density at radius 2 is 2.00 bits per heavy atom. The lowest BCUT2D eigenvalue weighted by atomic mass is 9.71. The van der Waals surface area contributed by atoms with Crippen LogP contribution in [0.5, 0.6) is 0 Å². The number of rotatable bonds is 3. The Morgan fingerprint density at radius 1 is 1.30 bits per heavy atom. The number of hydrogen-bond donors (Lipinski definition) is 1. The van der Waals surface area contributed by atoms with Gasteiger partial charge in [0, 0.05) is 0 Å². The third-order valence-electron chi connectivity index (χ3n) is 4.67. The molecule has 0 heterocycles. The van der Waals surface area contributed by atoms with E-state index in [4.69, 9.17) is 0 Å². The van der Waals surface area contributed by atoms with Crippen LogP contribution in [-0.4, -0.2) is 11.2 Å². The second-order valence-electron chi connectivity index (χ2n) is 7.73. The highest BCUT2D eigenvalue weighted by Gasteiger charge is 2.31. The van der Waals surface area contributed by atoms with E-state index in [-0.39, 0.29) is 6.10 Å². The molecule has 0 saturated carbocycles. The second-order valence-corrected chi connectivity index (χ2v) is 7.73. The molecule has 3 unspecified atom stereocenters. The van der Waals surface area contributed by atoms with Crippen LogP contribution in [0.25, 0.3) is 0 Å². The maximum absolute atomic E-state index is 10.1. The molecule has 1 aliphatic rings. The molecule has 0 amide bonds. The van der Waals surface area contributed by atoms with Crippen molar-refractivity contribution >= 4 is 0 Å². The van der Waals surface area contributed by atoms with Crippen LogP contribution in [0.3, 0.4) is 0 Å². The van der Waals surface area contributed by atoms with Crippen molar-refractivity contribution in [3.8, 4) is 0 Å². The van der Waals surface area contributed by atoms with Gasteiger partial charge in [0.05, 0.1) is 6.10 Å². The Bertz CT molecular complexity index is 453. The summed E-state index contributed by atoms with van der Waals surface area (Å²) in [5.41, 5.74) is 4.78. The fourth-order valence-corrected chi connectivity index (χ4v) is 3.79. The van der Waals surface area contributed by atoms with Crippen molar-refractivity contribution in [1.29, 1.82) is 0 Å². The Labute approximate surface area is 124 Å². The molecule has 0 radical (unpaired) electrons. The molecule has 0 fully saturated rings. The Morgan fingerprint density at radius 3 is 2.55 bits per heavy atom. The van der Waals surface area contributed by atoms with Gasteiger partial charge in [0.15, 0.2) is 0 Å². The maximum atomic E-state index is 10.1. The first kappa shape index (κ1) is 15.6. The van der Waals surface area contributed by atoms with E-state index in [1.807, 2.05) is 6.92 Å². The minimum atomic E-state index is -0.195. The molecule has 20 heavy (non-hydrogen) atoms. The van der Waals surface area contributed by atoms with Crippen molar-refractivity contribution in [3.63, 3.8) is 0 Å². The van der Waals surface area contributed by atoms with Gasteiger partial charge in [-0.1, -0.05) is 45.9 Å². The zero-order valence-corrected chi connectivity index (χ0v) is 13.7. The number of fused-ring (bicyclic) bond motifs is 1. The van der Waals surface area contributed by atoms with E-state index in [9.17, 15) is 5.11 Å². The molecule has 0 bridgehead atoms. The van der Waals surface area contributed by atoms with Gasteiger partial charge >= 0.3 is 0 Å². The lowest BCUT2D eigenvalue weighted by Crippen LogP contribution is -2.29. The molecule has 0 spiro atoms. The van der Waals surface area contributed by atoms with Crippen LogP contribution in [-0.2, 0) is 12.8 Å². The second kappa shape index (κ2) is 5.89. The van der Waals surface area contributed by atoms with Gasteiger partial charge in [0.25, 0.3) is 0 Å². The van der Waals surface area contributed by atoms with Crippen LogP contribution in [0.4, 0.5) is 0 Å². The van der Waals surface area contributed by atoms with Crippen molar-refractivity contribution in [3.05, 3.63) is 34.9 Å². The van der Waals surface area contributed by atoms with Crippen LogP contribution in [0, 0.1) is 11.3 Å². The normalized spacial score (nSPS) is 24.3. The average Bonchev–Trinajstić information content (AvgIpc) is 2.35. The summed E-state index contributed by atoms with van der Waals surface area (Å²) in [6.45, 7) is 11.1. The third-order valence-corrected chi connectivity index (χ3v) is 4.67. The summed E-state index contributed by atoms with van der Waals surface area (Å²) in [5.74, 6) is 0.955. The predicted molar refractivity (Wildman–Crippen MR) is 86.1 cm³/mol. The summed E-state index contributed by atoms with van der Waals surface area (Å²) in [7, 11) is 0. The summed E-state index contributed by atoms with van der Waals surface area (Å²) in [5, 5.41) is 10.1. The van der Waals surface area contributed by atoms with E-state index in [2.05, 4.69) is 45.9 Å². The molecule has 2 rings (SSSR count). The monoisotopic (exact) mass is 274 g/mol. The molecular weight excluding hydrogens is 244 g/mol. The molecule has 0 aliphatic heterocycles. The van der Waals surface area contributed by atoms with E-state index in [0.717, 1.165) is 25.7 Å². The van der Waals surface area contributed by atoms with Gasteiger partial charge in [-0.2, -0.15) is 0 Å². The molecule has 1 N–H and O–H groups in total. The van der Waals surface area contributed by atoms with Crippen molar-refractivity contribution in [2.45, 2.75) is 72.3 Å². The molecule has 0 aromatic heterocycles. The average molecular weight is 274 g/mol. The molecule has 1 aliphatic carbocycles. The predicted octanol–water partition coefficient (Wildman–Crippen LogP) is 4.71. The highest BCUT2D eigenvalue weighted by atomic mass is 16.3. The molecule has 1 nitrogen and oxygen atoms in total. The first-order valence-corrected chi connectivity index (χ1v) is 8.11. The quantitative estimate of drug-likeness (QED) is 0.846. The van der Waals surface area contributed by atoms with Gasteiger partial charge in [-0.3, -0.25) is 0 Å². The van der Waals surface area contributed by atoms with Gasteiger partial charge in [-0.05, 0) is 66.5 Å². The van der Waals surface area contributed by atoms with Crippen LogP contribution in [0.2, 0.25) is 0 Å². The highest BCUT2D eigenvalue weighted by molar-refractivity contribution is 5.37. The number of aliphatic hydroxyl groups is 1. The van der Waals surface area contributed by atoms with Gasteiger partial charge in [0.2, 0.25) is 0 Å². The van der Waals surface area contributed by atoms with Crippen LogP contribution >= 0.6 is 0 Å². The fraction of sp³-hybridized carbons (Fsp3) is 0.684. The zero-order valence-electron chi connectivity index (χ0n) is 13.7. The minimum absolute atomic E-state index is 0.195. The highest BCUT2D eigenvalue weighted by Crippen LogP contribution is 2.41. The lowest BCUT2D eigenvalue weighted by molar-refractivity contribution is 0.0968. The topological polar surface area (TPSA) is 20.2 Å².